The maximum atomic E-state index is 2.33. The molecule has 0 aromatic carbocycles. The molecule has 1 saturated carbocycles. The van der Waals surface area contributed by atoms with Crippen LogP contribution in [0.3, 0.4) is 0 Å². The molecular weight excluding hydrogens is 116 g/mol. The molecule has 0 atom stereocenters. The lowest BCUT2D eigenvalue weighted by molar-refractivity contribution is 0.278. The van der Waals surface area contributed by atoms with Gasteiger partial charge in [-0.3, -0.25) is 0 Å². The zero-order valence-corrected chi connectivity index (χ0v) is 6.13. The topological polar surface area (TPSA) is 0 Å². The molecule has 1 heteroatoms. The van der Waals surface area contributed by atoms with Crippen molar-refractivity contribution in [3.05, 3.63) is 0 Å². The fourth-order valence-corrected chi connectivity index (χ4v) is 3.65. The first-order chi connectivity index (χ1) is 3.85. The van der Waals surface area contributed by atoms with Crippen LogP contribution < -0.4 is 0 Å². The summed E-state index contributed by atoms with van der Waals surface area (Å²) in [5.74, 6) is 2.59. The Morgan fingerprint density at radius 3 is 2.62 bits per heavy atom. The third-order valence-electron chi connectivity index (χ3n) is 2.59. The molecule has 46 valence electrons. The minimum absolute atomic E-state index is 0.796. The molecule has 3 aliphatic rings. The van der Waals surface area contributed by atoms with Crippen LogP contribution in [0.15, 0.2) is 0 Å². The number of hydrogen-bond donors (Lipinski definition) is 0. The Hall–Kier alpha value is 0.350. The Morgan fingerprint density at radius 2 is 2.38 bits per heavy atom. The first-order valence-electron chi connectivity index (χ1n) is 3.49. The van der Waals surface area contributed by atoms with E-state index in [0.29, 0.717) is 0 Å². The highest BCUT2D eigenvalue weighted by atomic mass is 32.2. The van der Waals surface area contributed by atoms with E-state index in [1.54, 1.807) is 0 Å². The molecule has 2 saturated heterocycles. The van der Waals surface area contributed by atoms with Crippen LogP contribution in [0.25, 0.3) is 0 Å². The van der Waals surface area contributed by atoms with Crippen LogP contribution in [0.5, 0.6) is 0 Å². The van der Waals surface area contributed by atoms with Gasteiger partial charge in [-0.25, -0.2) is 0 Å². The molecule has 8 heavy (non-hydrogen) atoms. The first kappa shape index (κ1) is 5.16. The van der Waals surface area contributed by atoms with E-state index in [0.717, 1.165) is 10.7 Å². The summed E-state index contributed by atoms with van der Waals surface area (Å²) in [5, 5.41) is 0. The van der Waals surface area contributed by atoms with Crippen molar-refractivity contribution in [2.24, 2.45) is 5.92 Å². The lowest BCUT2D eigenvalue weighted by Crippen LogP contribution is -2.32. The molecule has 0 aromatic rings. The average Bonchev–Trinajstić information content (AvgIpc) is 2.17. The highest BCUT2D eigenvalue weighted by Gasteiger charge is 2.49. The van der Waals surface area contributed by atoms with Gasteiger partial charge in [0.2, 0.25) is 0 Å². The summed E-state index contributed by atoms with van der Waals surface area (Å²) in [4.78, 5) is 0. The quantitative estimate of drug-likeness (QED) is 0.522. The van der Waals surface area contributed by atoms with Crippen molar-refractivity contribution in [3.8, 4) is 0 Å². The Balaban J connectivity index is 2.09. The Labute approximate surface area is 55.0 Å². The summed E-state index contributed by atoms with van der Waals surface area (Å²) in [7, 11) is 0. The molecule has 0 amide bonds. The van der Waals surface area contributed by atoms with Gasteiger partial charge in [-0.05, 0) is 30.9 Å². The fourth-order valence-electron chi connectivity index (χ4n) is 1.91. The van der Waals surface area contributed by atoms with Crippen LogP contribution >= 0.6 is 11.8 Å². The van der Waals surface area contributed by atoms with Crippen LogP contribution in [0.1, 0.15) is 26.2 Å². The zero-order chi connectivity index (χ0) is 5.61. The summed E-state index contributed by atoms with van der Waals surface area (Å²) in [5.41, 5.74) is 0. The predicted octanol–water partition coefficient (Wildman–Crippen LogP) is 2.29. The number of thioether (sulfide) groups is 1. The molecule has 3 rings (SSSR count). The van der Waals surface area contributed by atoms with Crippen LogP contribution in [0, 0.1) is 5.92 Å². The van der Waals surface area contributed by atoms with Gasteiger partial charge in [0.25, 0.3) is 0 Å². The average molecular weight is 128 g/mol. The highest BCUT2D eigenvalue weighted by molar-refractivity contribution is 8.01. The van der Waals surface area contributed by atoms with Crippen molar-refractivity contribution in [2.75, 3.05) is 5.75 Å². The summed E-state index contributed by atoms with van der Waals surface area (Å²) >= 11 is 2.22. The molecule has 0 spiro atoms. The van der Waals surface area contributed by atoms with Crippen molar-refractivity contribution >= 4 is 11.8 Å². The van der Waals surface area contributed by atoms with E-state index in [2.05, 4.69) is 18.7 Å². The largest absolute Gasteiger partial charge is 0.155 e. The highest BCUT2D eigenvalue weighted by Crippen LogP contribution is 2.58. The van der Waals surface area contributed by atoms with Crippen molar-refractivity contribution in [1.29, 1.82) is 0 Å². The van der Waals surface area contributed by atoms with Crippen molar-refractivity contribution in [2.45, 2.75) is 30.9 Å². The van der Waals surface area contributed by atoms with Crippen LogP contribution in [-0.4, -0.2) is 10.5 Å². The van der Waals surface area contributed by atoms with E-state index in [1.165, 1.54) is 25.0 Å². The van der Waals surface area contributed by atoms with E-state index in [-0.39, 0.29) is 0 Å². The van der Waals surface area contributed by atoms with E-state index in [4.69, 9.17) is 0 Å². The molecule has 0 aromatic heterocycles. The van der Waals surface area contributed by atoms with Gasteiger partial charge in [0, 0.05) is 4.75 Å². The molecule has 0 N–H and O–H groups in total. The number of fused-ring (bicyclic) bond motifs is 1. The van der Waals surface area contributed by atoms with E-state index >= 15 is 0 Å². The van der Waals surface area contributed by atoms with E-state index in [9.17, 15) is 0 Å². The van der Waals surface area contributed by atoms with Gasteiger partial charge in [0.15, 0.2) is 0 Å². The second-order valence-corrected chi connectivity index (χ2v) is 4.61. The van der Waals surface area contributed by atoms with E-state index < -0.39 is 0 Å². The van der Waals surface area contributed by atoms with Crippen LogP contribution in [0.2, 0.25) is 0 Å². The molecule has 2 bridgehead atoms. The van der Waals surface area contributed by atoms with Gasteiger partial charge in [0.1, 0.15) is 0 Å². The molecule has 0 unspecified atom stereocenters. The molecule has 2 aliphatic heterocycles. The standard InChI is InChI=1S/C7H12S/c1-2-7-3-6(4-7)5-8-7/h6H,2-5H2,1H3. The molecule has 3 fully saturated rings. The van der Waals surface area contributed by atoms with Gasteiger partial charge in [-0.2, -0.15) is 11.8 Å². The van der Waals surface area contributed by atoms with Gasteiger partial charge in [-0.1, -0.05) is 6.92 Å². The Kier molecular flexibility index (Phi) is 0.928. The molecule has 0 nitrogen and oxygen atoms in total. The predicted molar refractivity (Wildman–Crippen MR) is 38.2 cm³/mol. The summed E-state index contributed by atoms with van der Waals surface area (Å²) in [6.45, 7) is 2.33. The van der Waals surface area contributed by atoms with Crippen molar-refractivity contribution in [3.63, 3.8) is 0 Å². The first-order valence-corrected chi connectivity index (χ1v) is 4.47. The summed E-state index contributed by atoms with van der Waals surface area (Å²) in [6, 6.07) is 0. The molecule has 0 radical (unpaired) electrons. The smallest absolute Gasteiger partial charge is 0.0163 e. The van der Waals surface area contributed by atoms with Crippen molar-refractivity contribution < 1.29 is 0 Å². The molecular formula is C7H12S. The van der Waals surface area contributed by atoms with Crippen LogP contribution in [-0.2, 0) is 0 Å². The Bertz CT molecular complexity index is 97.4. The molecule has 1 aliphatic carbocycles. The maximum Gasteiger partial charge on any atom is 0.0163 e. The van der Waals surface area contributed by atoms with Gasteiger partial charge >= 0.3 is 0 Å². The monoisotopic (exact) mass is 128 g/mol. The van der Waals surface area contributed by atoms with Crippen LogP contribution in [0.4, 0.5) is 0 Å². The Morgan fingerprint density at radius 1 is 1.62 bits per heavy atom. The second kappa shape index (κ2) is 1.44. The minimum atomic E-state index is 0.796. The summed E-state index contributed by atoms with van der Waals surface area (Å²) < 4.78 is 0.796. The minimum Gasteiger partial charge on any atom is -0.155 e. The van der Waals surface area contributed by atoms with Gasteiger partial charge in [0.05, 0.1) is 0 Å². The van der Waals surface area contributed by atoms with E-state index in [1.807, 2.05) is 0 Å². The van der Waals surface area contributed by atoms with Gasteiger partial charge in [-0.15, -0.1) is 0 Å². The SMILES string of the molecule is CCC12CC(CS1)C2. The second-order valence-electron chi connectivity index (χ2n) is 3.12. The maximum absolute atomic E-state index is 2.33. The fraction of sp³-hybridized carbons (Fsp3) is 1.00. The van der Waals surface area contributed by atoms with Gasteiger partial charge < -0.3 is 0 Å². The number of rotatable bonds is 1. The third kappa shape index (κ3) is 0.485. The zero-order valence-electron chi connectivity index (χ0n) is 5.31. The molecule has 2 heterocycles. The lowest BCUT2D eigenvalue weighted by atomic mass is 9.74. The number of hydrogen-bond acceptors (Lipinski definition) is 1. The lowest BCUT2D eigenvalue weighted by Gasteiger charge is -2.35. The normalized spacial score (nSPS) is 51.4. The summed E-state index contributed by atoms with van der Waals surface area (Å²) in [6.07, 6.45) is 4.48. The third-order valence-corrected chi connectivity index (χ3v) is 4.46. The van der Waals surface area contributed by atoms with Crippen molar-refractivity contribution in [1.82, 2.24) is 0 Å².